The number of fused-ring (bicyclic) bond motifs is 4. The molecule has 0 saturated carbocycles. The number of thiocarbonyl (C=S) groups is 1. The molecular formula is C22H25N3O5S. The highest BCUT2D eigenvalue weighted by Gasteiger charge is 2.53. The number of rotatable bonds is 6. The quantitative estimate of drug-likeness (QED) is 0.410. The first-order valence-electron chi connectivity index (χ1n) is 10.0. The highest BCUT2D eigenvalue weighted by molar-refractivity contribution is 7.80. The van der Waals surface area contributed by atoms with E-state index in [4.69, 9.17) is 26.4 Å². The Hall–Kier alpha value is -3.07. The van der Waals surface area contributed by atoms with Crippen LogP contribution in [-0.4, -0.2) is 41.4 Å². The van der Waals surface area contributed by atoms with Gasteiger partial charge in [-0.2, -0.15) is 0 Å². The van der Waals surface area contributed by atoms with Crippen molar-refractivity contribution in [3.8, 4) is 17.2 Å². The van der Waals surface area contributed by atoms with E-state index in [1.54, 1.807) is 26.4 Å². The van der Waals surface area contributed by atoms with Crippen molar-refractivity contribution in [2.75, 3.05) is 20.8 Å². The van der Waals surface area contributed by atoms with Crippen molar-refractivity contribution in [3.05, 3.63) is 57.6 Å². The predicted molar refractivity (Wildman–Crippen MR) is 120 cm³/mol. The van der Waals surface area contributed by atoms with Gasteiger partial charge in [0.25, 0.3) is 5.69 Å². The number of methoxy groups -OCH3 is 2. The Morgan fingerprint density at radius 3 is 2.65 bits per heavy atom. The van der Waals surface area contributed by atoms with Gasteiger partial charge < -0.3 is 24.4 Å². The Balaban J connectivity index is 1.60. The standard InChI is InChI=1S/C22H25N3O5S/c1-13-20-16-12-15(25(26)27)6-8-17(16)30-22(13,2)24(21(31)23-20)10-9-14-5-7-18(28-3)19(11-14)29-4/h5-8,11-13,20H,9-10H2,1-4H3,(H,23,31)/t13-,20+,22-/m0/s1. The normalized spacial score (nSPS) is 24.0. The van der Waals surface area contributed by atoms with E-state index >= 15 is 0 Å². The lowest BCUT2D eigenvalue weighted by atomic mass is 9.80. The number of ether oxygens (including phenoxy) is 3. The first-order valence-corrected chi connectivity index (χ1v) is 10.5. The second-order valence-corrected chi connectivity index (χ2v) is 8.33. The van der Waals surface area contributed by atoms with Crippen molar-refractivity contribution in [1.29, 1.82) is 0 Å². The molecule has 8 nitrogen and oxygen atoms in total. The minimum Gasteiger partial charge on any atom is -0.493 e. The van der Waals surface area contributed by atoms with Crippen molar-refractivity contribution >= 4 is 23.0 Å². The maximum atomic E-state index is 11.2. The van der Waals surface area contributed by atoms with E-state index in [1.807, 2.05) is 25.1 Å². The molecule has 1 fully saturated rings. The maximum Gasteiger partial charge on any atom is 0.270 e. The van der Waals surface area contributed by atoms with Gasteiger partial charge in [0.15, 0.2) is 22.3 Å². The molecule has 31 heavy (non-hydrogen) atoms. The van der Waals surface area contributed by atoms with Crippen LogP contribution < -0.4 is 19.5 Å². The van der Waals surface area contributed by atoms with Gasteiger partial charge in [-0.25, -0.2) is 0 Å². The number of benzene rings is 2. The predicted octanol–water partition coefficient (Wildman–Crippen LogP) is 3.83. The van der Waals surface area contributed by atoms with E-state index in [0.717, 1.165) is 17.5 Å². The van der Waals surface area contributed by atoms with Crippen LogP contribution in [0, 0.1) is 16.0 Å². The molecule has 0 aromatic heterocycles. The van der Waals surface area contributed by atoms with Crippen molar-refractivity contribution in [2.45, 2.75) is 32.0 Å². The molecule has 3 atom stereocenters. The fourth-order valence-electron chi connectivity index (χ4n) is 4.40. The molecule has 1 N–H and O–H groups in total. The van der Waals surface area contributed by atoms with E-state index in [9.17, 15) is 10.1 Å². The number of nitrogens with one attached hydrogen (secondary N) is 1. The molecule has 2 aromatic rings. The van der Waals surface area contributed by atoms with E-state index in [0.29, 0.717) is 28.9 Å². The van der Waals surface area contributed by atoms with Gasteiger partial charge in [-0.3, -0.25) is 10.1 Å². The summed E-state index contributed by atoms with van der Waals surface area (Å²) in [5.41, 5.74) is 1.22. The fraction of sp³-hybridized carbons (Fsp3) is 0.409. The molecule has 1 saturated heterocycles. The van der Waals surface area contributed by atoms with Crippen LogP contribution >= 0.6 is 12.2 Å². The monoisotopic (exact) mass is 443 g/mol. The maximum absolute atomic E-state index is 11.2. The molecule has 2 heterocycles. The van der Waals surface area contributed by atoms with Crippen LogP contribution in [0.25, 0.3) is 0 Å². The Morgan fingerprint density at radius 2 is 1.97 bits per heavy atom. The average Bonchev–Trinajstić information content (AvgIpc) is 2.75. The Morgan fingerprint density at radius 1 is 1.23 bits per heavy atom. The molecular weight excluding hydrogens is 418 g/mol. The minimum atomic E-state index is -0.674. The largest absolute Gasteiger partial charge is 0.493 e. The minimum absolute atomic E-state index is 0.0131. The van der Waals surface area contributed by atoms with Gasteiger partial charge in [-0.1, -0.05) is 13.0 Å². The molecule has 2 aromatic carbocycles. The molecule has 2 aliphatic heterocycles. The zero-order chi connectivity index (χ0) is 22.3. The topological polar surface area (TPSA) is 86.1 Å². The molecule has 2 bridgehead atoms. The summed E-state index contributed by atoms with van der Waals surface area (Å²) in [7, 11) is 3.23. The molecule has 2 aliphatic rings. The Kier molecular flexibility index (Phi) is 5.38. The first-order chi connectivity index (χ1) is 14.8. The van der Waals surface area contributed by atoms with Gasteiger partial charge in [-0.15, -0.1) is 0 Å². The highest BCUT2D eigenvalue weighted by Crippen LogP contribution is 2.48. The SMILES string of the molecule is COc1ccc(CCN2C(=S)N[C@H]3c4cc([N+](=O)[O-])ccc4O[C@@]2(C)[C@H]3C)cc1OC. The molecule has 4 rings (SSSR count). The third kappa shape index (κ3) is 3.52. The smallest absolute Gasteiger partial charge is 0.270 e. The lowest BCUT2D eigenvalue weighted by molar-refractivity contribution is -0.385. The summed E-state index contributed by atoms with van der Waals surface area (Å²) in [5, 5.41) is 15.2. The second-order valence-electron chi connectivity index (χ2n) is 7.94. The summed E-state index contributed by atoms with van der Waals surface area (Å²) in [6.07, 6.45) is 0.728. The molecule has 0 unspecified atom stereocenters. The first kappa shape index (κ1) is 21.2. The Bertz CT molecular complexity index is 1050. The summed E-state index contributed by atoms with van der Waals surface area (Å²) < 4.78 is 17.1. The van der Waals surface area contributed by atoms with Crippen LogP contribution in [0.4, 0.5) is 5.69 Å². The number of nitro groups is 1. The lowest BCUT2D eigenvalue weighted by Gasteiger charge is -2.56. The van der Waals surface area contributed by atoms with Crippen LogP contribution in [0.2, 0.25) is 0 Å². The second kappa shape index (κ2) is 7.88. The highest BCUT2D eigenvalue weighted by atomic mass is 32.1. The van der Waals surface area contributed by atoms with Crippen LogP contribution in [0.3, 0.4) is 0 Å². The van der Waals surface area contributed by atoms with Gasteiger partial charge in [0, 0.05) is 30.2 Å². The van der Waals surface area contributed by atoms with Crippen LogP contribution in [0.1, 0.15) is 31.0 Å². The average molecular weight is 444 g/mol. The third-order valence-corrected chi connectivity index (χ3v) is 6.67. The Labute approximate surface area is 186 Å². The number of hydrogen-bond acceptors (Lipinski definition) is 6. The molecule has 0 spiro atoms. The zero-order valence-corrected chi connectivity index (χ0v) is 18.7. The van der Waals surface area contributed by atoms with E-state index < -0.39 is 10.6 Å². The molecule has 9 heteroatoms. The molecule has 0 amide bonds. The summed E-state index contributed by atoms with van der Waals surface area (Å²) in [4.78, 5) is 12.9. The van der Waals surface area contributed by atoms with Crippen LogP contribution in [0.15, 0.2) is 36.4 Å². The summed E-state index contributed by atoms with van der Waals surface area (Å²) in [6.45, 7) is 4.73. The summed E-state index contributed by atoms with van der Waals surface area (Å²) in [5.74, 6) is 2.02. The van der Waals surface area contributed by atoms with Crippen LogP contribution in [-0.2, 0) is 6.42 Å². The number of hydrogen-bond donors (Lipinski definition) is 1. The number of non-ortho nitro benzene ring substituents is 1. The van der Waals surface area contributed by atoms with Gasteiger partial charge in [0.05, 0.1) is 25.2 Å². The fourth-order valence-corrected chi connectivity index (χ4v) is 4.80. The zero-order valence-electron chi connectivity index (χ0n) is 17.9. The number of nitrogens with zero attached hydrogens (tertiary/aromatic N) is 2. The molecule has 0 radical (unpaired) electrons. The number of nitro benzene ring substituents is 1. The van der Waals surface area contributed by atoms with E-state index in [1.165, 1.54) is 6.07 Å². The van der Waals surface area contributed by atoms with E-state index in [2.05, 4.69) is 17.1 Å². The van der Waals surface area contributed by atoms with E-state index in [-0.39, 0.29) is 17.6 Å². The van der Waals surface area contributed by atoms with Crippen LogP contribution in [0.5, 0.6) is 17.2 Å². The van der Waals surface area contributed by atoms with Gasteiger partial charge in [-0.05, 0) is 49.3 Å². The van der Waals surface area contributed by atoms with Crippen molar-refractivity contribution in [3.63, 3.8) is 0 Å². The van der Waals surface area contributed by atoms with Crippen molar-refractivity contribution < 1.29 is 19.1 Å². The molecule has 0 aliphatic carbocycles. The lowest BCUT2D eigenvalue weighted by Crippen LogP contribution is -2.69. The van der Waals surface area contributed by atoms with Crippen molar-refractivity contribution in [2.24, 2.45) is 5.92 Å². The van der Waals surface area contributed by atoms with Gasteiger partial charge >= 0.3 is 0 Å². The molecule has 164 valence electrons. The van der Waals surface area contributed by atoms with Crippen molar-refractivity contribution in [1.82, 2.24) is 10.2 Å². The summed E-state index contributed by atoms with van der Waals surface area (Å²) >= 11 is 5.68. The van der Waals surface area contributed by atoms with Gasteiger partial charge in [0.1, 0.15) is 5.75 Å². The summed E-state index contributed by atoms with van der Waals surface area (Å²) in [6, 6.07) is 10.4. The third-order valence-electron chi connectivity index (χ3n) is 6.33. The van der Waals surface area contributed by atoms with Gasteiger partial charge in [0.2, 0.25) is 0 Å².